The molecule has 3 rings (SSSR count). The van der Waals surface area contributed by atoms with E-state index in [-0.39, 0.29) is 18.3 Å². The van der Waals surface area contributed by atoms with Gasteiger partial charge in [-0.05, 0) is 24.3 Å². The predicted molar refractivity (Wildman–Crippen MR) is 104 cm³/mol. The highest BCUT2D eigenvalue weighted by molar-refractivity contribution is 7.07. The molecule has 0 spiro atoms. The van der Waals surface area contributed by atoms with E-state index < -0.39 is 0 Å². The minimum Gasteiger partial charge on any atom is -0.487 e. The number of carbonyl (C=O) groups is 1. The van der Waals surface area contributed by atoms with Crippen LogP contribution in [0.1, 0.15) is 21.6 Å². The van der Waals surface area contributed by atoms with E-state index in [4.69, 9.17) is 4.74 Å². The molecular weight excluding hydrogens is 363 g/mol. The van der Waals surface area contributed by atoms with Gasteiger partial charge in [-0.2, -0.15) is 0 Å². The molecule has 0 saturated carbocycles. The van der Waals surface area contributed by atoms with Crippen LogP contribution < -0.4 is 4.74 Å². The van der Waals surface area contributed by atoms with Crippen LogP contribution in [0.15, 0.2) is 72.1 Å². The number of ether oxygens (including phenoxy) is 1. The fourth-order valence-corrected chi connectivity index (χ4v) is 3.12. The number of thiazole rings is 1. The topological polar surface area (TPSA) is 42.4 Å². The van der Waals surface area contributed by atoms with Crippen LogP contribution in [0.3, 0.4) is 0 Å². The van der Waals surface area contributed by atoms with E-state index in [1.807, 2.05) is 5.38 Å². The number of halogens is 1. The summed E-state index contributed by atoms with van der Waals surface area (Å²) < 4.78 is 19.7. The van der Waals surface area contributed by atoms with Crippen molar-refractivity contribution in [2.24, 2.45) is 0 Å². The summed E-state index contributed by atoms with van der Waals surface area (Å²) in [7, 11) is 0. The van der Waals surface area contributed by atoms with E-state index in [0.717, 1.165) is 5.69 Å². The van der Waals surface area contributed by atoms with Crippen LogP contribution in [0.25, 0.3) is 0 Å². The van der Waals surface area contributed by atoms with Crippen molar-refractivity contribution in [1.29, 1.82) is 0 Å². The minimum atomic E-state index is -0.334. The fourth-order valence-electron chi connectivity index (χ4n) is 2.57. The van der Waals surface area contributed by atoms with Gasteiger partial charge in [-0.25, -0.2) is 9.37 Å². The zero-order chi connectivity index (χ0) is 19.1. The molecule has 1 aromatic heterocycles. The summed E-state index contributed by atoms with van der Waals surface area (Å²) in [6, 6.07) is 13.4. The van der Waals surface area contributed by atoms with Gasteiger partial charge in [0.05, 0.1) is 11.2 Å². The van der Waals surface area contributed by atoms with Gasteiger partial charge in [-0.15, -0.1) is 17.9 Å². The molecule has 0 aliphatic rings. The zero-order valence-corrected chi connectivity index (χ0v) is 15.5. The van der Waals surface area contributed by atoms with Gasteiger partial charge in [0.15, 0.2) is 0 Å². The van der Waals surface area contributed by atoms with E-state index in [9.17, 15) is 9.18 Å². The molecule has 4 nitrogen and oxygen atoms in total. The first kappa shape index (κ1) is 18.8. The number of nitrogens with zero attached hydrogens (tertiary/aromatic N) is 2. The second kappa shape index (κ2) is 9.09. The summed E-state index contributed by atoms with van der Waals surface area (Å²) >= 11 is 1.50. The van der Waals surface area contributed by atoms with Crippen molar-refractivity contribution in [3.05, 3.63) is 94.7 Å². The molecule has 6 heteroatoms. The molecule has 0 bridgehead atoms. The Labute approximate surface area is 161 Å². The normalized spacial score (nSPS) is 10.4. The van der Waals surface area contributed by atoms with E-state index >= 15 is 0 Å². The number of rotatable bonds is 8. The third-order valence-corrected chi connectivity index (χ3v) is 4.54. The van der Waals surface area contributed by atoms with Gasteiger partial charge >= 0.3 is 0 Å². The molecular formula is C21H19FN2O2S. The Morgan fingerprint density at radius 2 is 2.11 bits per heavy atom. The lowest BCUT2D eigenvalue weighted by Crippen LogP contribution is -2.31. The first-order valence-electron chi connectivity index (χ1n) is 8.41. The molecule has 1 amide bonds. The average Bonchev–Trinajstić information content (AvgIpc) is 3.21. The largest absolute Gasteiger partial charge is 0.487 e. The van der Waals surface area contributed by atoms with E-state index in [1.165, 1.54) is 17.4 Å². The molecule has 1 heterocycles. The van der Waals surface area contributed by atoms with Gasteiger partial charge in [-0.1, -0.05) is 30.3 Å². The Balaban J connectivity index is 1.74. The van der Waals surface area contributed by atoms with Crippen LogP contribution in [0.2, 0.25) is 0 Å². The van der Waals surface area contributed by atoms with E-state index in [2.05, 4.69) is 11.6 Å². The second-order valence-electron chi connectivity index (χ2n) is 5.86. The number of hydrogen-bond acceptors (Lipinski definition) is 4. The number of amides is 1. The van der Waals surface area contributed by atoms with E-state index in [0.29, 0.717) is 30.0 Å². The minimum absolute atomic E-state index is 0.168. The summed E-state index contributed by atoms with van der Waals surface area (Å²) in [4.78, 5) is 18.6. The monoisotopic (exact) mass is 382 g/mol. The Hall–Kier alpha value is -2.99. The molecule has 138 valence electrons. The number of carbonyl (C=O) groups excluding carboxylic acids is 1. The summed E-state index contributed by atoms with van der Waals surface area (Å²) in [5.74, 6) is 0.0373. The maximum atomic E-state index is 14.0. The lowest BCUT2D eigenvalue weighted by atomic mass is 10.1. The highest BCUT2D eigenvalue weighted by atomic mass is 32.1. The fraction of sp³-hybridized carbons (Fsp3) is 0.143. The summed E-state index contributed by atoms with van der Waals surface area (Å²) in [5, 5.41) is 1.91. The molecule has 3 aromatic rings. The van der Waals surface area contributed by atoms with Crippen LogP contribution in [-0.2, 0) is 13.2 Å². The van der Waals surface area contributed by atoms with E-state index in [1.54, 1.807) is 59.0 Å². The zero-order valence-electron chi connectivity index (χ0n) is 14.7. The van der Waals surface area contributed by atoms with Crippen molar-refractivity contribution in [2.45, 2.75) is 13.2 Å². The lowest BCUT2D eigenvalue weighted by Gasteiger charge is -2.22. The van der Waals surface area contributed by atoms with Gasteiger partial charge in [0.1, 0.15) is 18.2 Å². The van der Waals surface area contributed by atoms with Crippen molar-refractivity contribution in [3.63, 3.8) is 0 Å². The Kier molecular flexibility index (Phi) is 6.33. The van der Waals surface area contributed by atoms with Crippen molar-refractivity contribution in [3.8, 4) is 5.75 Å². The highest BCUT2D eigenvalue weighted by Crippen LogP contribution is 2.18. The molecule has 0 saturated heterocycles. The van der Waals surface area contributed by atoms with Gasteiger partial charge < -0.3 is 9.64 Å². The molecule has 2 aromatic carbocycles. The highest BCUT2D eigenvalue weighted by Gasteiger charge is 2.17. The summed E-state index contributed by atoms with van der Waals surface area (Å²) in [5.41, 5.74) is 3.52. The first-order chi connectivity index (χ1) is 13.2. The standard InChI is InChI=1S/C21H19FN2O2S/c1-2-10-24(12-17-6-3-4-9-20(17)22)21(25)16-7-5-8-19(11-16)26-13-18-14-27-15-23-18/h2-9,11,14-15H,1,10,12-13H2. The molecule has 0 aliphatic carbocycles. The maximum absolute atomic E-state index is 14.0. The van der Waals surface area contributed by atoms with Crippen molar-refractivity contribution < 1.29 is 13.9 Å². The van der Waals surface area contributed by atoms with Crippen LogP contribution in [0, 0.1) is 5.82 Å². The first-order valence-corrected chi connectivity index (χ1v) is 9.35. The summed E-state index contributed by atoms with van der Waals surface area (Å²) in [6.07, 6.45) is 1.63. The second-order valence-corrected chi connectivity index (χ2v) is 6.58. The van der Waals surface area contributed by atoms with Gasteiger partial charge in [0.2, 0.25) is 0 Å². The van der Waals surface area contributed by atoms with Gasteiger partial charge in [-0.3, -0.25) is 4.79 Å². The number of benzene rings is 2. The Morgan fingerprint density at radius 1 is 1.26 bits per heavy atom. The van der Waals surface area contributed by atoms with Crippen molar-refractivity contribution >= 4 is 17.2 Å². The predicted octanol–water partition coefficient (Wildman–Crippen LogP) is 4.69. The SMILES string of the molecule is C=CCN(Cc1ccccc1F)C(=O)c1cccc(OCc2cscn2)c1. The third kappa shape index (κ3) is 5.01. The van der Waals surface area contributed by atoms with Gasteiger partial charge in [0, 0.05) is 29.6 Å². The van der Waals surface area contributed by atoms with Crippen LogP contribution in [0.4, 0.5) is 4.39 Å². The van der Waals surface area contributed by atoms with Crippen LogP contribution >= 0.6 is 11.3 Å². The summed E-state index contributed by atoms with van der Waals surface area (Å²) in [6.45, 7) is 4.52. The van der Waals surface area contributed by atoms with Crippen molar-refractivity contribution in [1.82, 2.24) is 9.88 Å². The van der Waals surface area contributed by atoms with Gasteiger partial charge in [0.25, 0.3) is 5.91 Å². The lowest BCUT2D eigenvalue weighted by molar-refractivity contribution is 0.0761. The molecule has 0 aliphatic heterocycles. The molecule has 0 fully saturated rings. The number of aromatic nitrogens is 1. The third-order valence-electron chi connectivity index (χ3n) is 3.91. The molecule has 0 unspecified atom stereocenters. The van der Waals surface area contributed by atoms with Crippen LogP contribution in [-0.4, -0.2) is 22.3 Å². The molecule has 0 atom stereocenters. The van der Waals surface area contributed by atoms with Crippen molar-refractivity contribution in [2.75, 3.05) is 6.54 Å². The Morgan fingerprint density at radius 3 is 2.85 bits per heavy atom. The quantitative estimate of drug-likeness (QED) is 0.531. The maximum Gasteiger partial charge on any atom is 0.254 e. The number of hydrogen-bond donors (Lipinski definition) is 0. The molecule has 0 radical (unpaired) electrons. The van der Waals surface area contributed by atoms with Crippen LogP contribution in [0.5, 0.6) is 5.75 Å². The Bertz CT molecular complexity index is 912. The smallest absolute Gasteiger partial charge is 0.254 e. The average molecular weight is 382 g/mol. The molecule has 0 N–H and O–H groups in total. The molecule has 27 heavy (non-hydrogen) atoms.